The van der Waals surface area contributed by atoms with Crippen LogP contribution in [0.4, 0.5) is 10.2 Å². The largest absolute Gasteiger partial charge is 0.369 e. The molecule has 0 fully saturated rings. The van der Waals surface area contributed by atoms with E-state index in [0.717, 1.165) is 45.8 Å². The molecule has 2 aromatic carbocycles. The van der Waals surface area contributed by atoms with E-state index in [2.05, 4.69) is 21.2 Å². The van der Waals surface area contributed by atoms with Gasteiger partial charge >= 0.3 is 0 Å². The van der Waals surface area contributed by atoms with Crippen LogP contribution in [0.15, 0.2) is 46.9 Å². The van der Waals surface area contributed by atoms with Gasteiger partial charge in [-0.2, -0.15) is 5.10 Å². The van der Waals surface area contributed by atoms with Gasteiger partial charge in [0.2, 0.25) is 0 Å². The first-order chi connectivity index (χ1) is 11.1. The summed E-state index contributed by atoms with van der Waals surface area (Å²) < 4.78 is 16.2. The van der Waals surface area contributed by atoms with Crippen LogP contribution >= 0.6 is 27.5 Å². The maximum absolute atomic E-state index is 13.3. The molecule has 0 unspecified atom stereocenters. The number of nitrogens with zero attached hydrogens (tertiary/aromatic N) is 2. The molecule has 6 heteroatoms. The maximum atomic E-state index is 13.3. The van der Waals surface area contributed by atoms with Crippen molar-refractivity contribution >= 4 is 33.3 Å². The molecule has 0 aliphatic carbocycles. The van der Waals surface area contributed by atoms with Gasteiger partial charge in [0.1, 0.15) is 11.6 Å². The molecule has 116 valence electrons. The Kier molecular flexibility index (Phi) is 3.62. The Bertz CT molecular complexity index is 907. The Hall–Kier alpha value is -1.85. The van der Waals surface area contributed by atoms with Crippen molar-refractivity contribution in [2.75, 3.05) is 11.9 Å². The van der Waals surface area contributed by atoms with Crippen LogP contribution in [0, 0.1) is 5.82 Å². The van der Waals surface area contributed by atoms with Gasteiger partial charge in [0, 0.05) is 22.1 Å². The highest BCUT2D eigenvalue weighted by molar-refractivity contribution is 9.10. The van der Waals surface area contributed by atoms with Crippen LogP contribution in [0.25, 0.3) is 16.9 Å². The van der Waals surface area contributed by atoms with Crippen LogP contribution in [0.1, 0.15) is 5.56 Å². The Balaban J connectivity index is 1.94. The number of nitrogens with one attached hydrogen (secondary N) is 1. The summed E-state index contributed by atoms with van der Waals surface area (Å²) in [6.07, 6.45) is 0.864. The second kappa shape index (κ2) is 5.65. The average Bonchev–Trinajstić information content (AvgIpc) is 3.11. The molecule has 1 aliphatic rings. The lowest BCUT2D eigenvalue weighted by atomic mass is 10.1. The summed E-state index contributed by atoms with van der Waals surface area (Å²) in [5.41, 5.74) is 3.60. The number of anilines is 1. The van der Waals surface area contributed by atoms with Gasteiger partial charge < -0.3 is 5.32 Å². The quantitative estimate of drug-likeness (QED) is 0.660. The van der Waals surface area contributed by atoms with Gasteiger partial charge in [-0.05, 0) is 52.7 Å². The van der Waals surface area contributed by atoms with Crippen molar-refractivity contribution in [3.05, 3.63) is 63.3 Å². The van der Waals surface area contributed by atoms with Crippen LogP contribution in [0.3, 0.4) is 0 Å². The maximum Gasteiger partial charge on any atom is 0.133 e. The highest BCUT2D eigenvalue weighted by atomic mass is 79.9. The molecule has 2 heterocycles. The van der Waals surface area contributed by atoms with Crippen molar-refractivity contribution in [3.63, 3.8) is 0 Å². The second-order valence-corrected chi connectivity index (χ2v) is 6.60. The van der Waals surface area contributed by atoms with E-state index in [1.165, 1.54) is 12.1 Å². The fourth-order valence-corrected chi connectivity index (χ4v) is 3.58. The summed E-state index contributed by atoms with van der Waals surface area (Å²) in [6.45, 7) is 0.851. The van der Waals surface area contributed by atoms with Crippen molar-refractivity contribution in [3.8, 4) is 16.9 Å². The van der Waals surface area contributed by atoms with Crippen LogP contribution in [0.2, 0.25) is 5.02 Å². The van der Waals surface area contributed by atoms with Gasteiger partial charge in [-0.25, -0.2) is 9.07 Å². The number of benzene rings is 2. The first-order valence-electron chi connectivity index (χ1n) is 7.21. The van der Waals surface area contributed by atoms with E-state index in [-0.39, 0.29) is 5.82 Å². The Morgan fingerprint density at radius 3 is 2.83 bits per heavy atom. The van der Waals surface area contributed by atoms with Crippen LogP contribution in [-0.4, -0.2) is 16.3 Å². The molecule has 23 heavy (non-hydrogen) atoms. The number of aromatic nitrogens is 2. The highest BCUT2D eigenvalue weighted by Gasteiger charge is 2.25. The standard InChI is InChI=1S/C17H12BrClFN3/c18-13-3-1-2-4-15(13)23-17-12(7-8-21-17)16(22-23)11-6-5-10(20)9-14(11)19/h1-6,9,21H,7-8H2. The summed E-state index contributed by atoms with van der Waals surface area (Å²) in [5, 5.41) is 8.49. The molecule has 0 atom stereocenters. The van der Waals surface area contributed by atoms with Gasteiger partial charge in [0.05, 0.1) is 16.4 Å². The summed E-state index contributed by atoms with van der Waals surface area (Å²) in [5.74, 6) is 0.617. The normalized spacial score (nSPS) is 13.0. The summed E-state index contributed by atoms with van der Waals surface area (Å²) in [6, 6.07) is 12.3. The zero-order valence-electron chi connectivity index (χ0n) is 12.0. The van der Waals surface area contributed by atoms with Crippen molar-refractivity contribution in [2.24, 2.45) is 0 Å². The van der Waals surface area contributed by atoms with E-state index in [9.17, 15) is 4.39 Å². The van der Waals surface area contributed by atoms with Crippen LogP contribution < -0.4 is 5.32 Å². The lowest BCUT2D eigenvalue weighted by molar-refractivity contribution is 0.628. The molecule has 0 saturated heterocycles. The van der Waals surface area contributed by atoms with E-state index < -0.39 is 0 Å². The third-order valence-corrected chi connectivity index (χ3v) is 4.90. The minimum atomic E-state index is -0.348. The van der Waals surface area contributed by atoms with Crippen molar-refractivity contribution in [2.45, 2.75) is 6.42 Å². The molecular formula is C17H12BrClFN3. The lowest BCUT2D eigenvalue weighted by Crippen LogP contribution is -2.04. The first-order valence-corrected chi connectivity index (χ1v) is 8.38. The molecule has 1 aromatic heterocycles. The van der Waals surface area contributed by atoms with E-state index in [1.54, 1.807) is 6.07 Å². The minimum Gasteiger partial charge on any atom is -0.369 e. The number of fused-ring (bicyclic) bond motifs is 1. The van der Waals surface area contributed by atoms with E-state index in [1.807, 2.05) is 28.9 Å². The van der Waals surface area contributed by atoms with Crippen molar-refractivity contribution < 1.29 is 4.39 Å². The van der Waals surface area contributed by atoms with Gasteiger partial charge in [-0.1, -0.05) is 23.7 Å². The molecule has 1 aliphatic heterocycles. The van der Waals surface area contributed by atoms with Crippen LogP contribution in [0.5, 0.6) is 0 Å². The smallest absolute Gasteiger partial charge is 0.133 e. The third-order valence-electron chi connectivity index (χ3n) is 3.92. The predicted octanol–water partition coefficient (Wildman–Crippen LogP) is 5.06. The molecule has 3 nitrogen and oxygen atoms in total. The van der Waals surface area contributed by atoms with Gasteiger partial charge in [-0.15, -0.1) is 0 Å². The molecule has 0 saturated carbocycles. The summed E-state index contributed by atoms with van der Waals surface area (Å²) >= 11 is 9.80. The van der Waals surface area contributed by atoms with E-state index >= 15 is 0 Å². The van der Waals surface area contributed by atoms with E-state index in [0.29, 0.717) is 5.02 Å². The zero-order chi connectivity index (χ0) is 16.0. The zero-order valence-corrected chi connectivity index (χ0v) is 14.3. The van der Waals surface area contributed by atoms with E-state index in [4.69, 9.17) is 16.7 Å². The third kappa shape index (κ3) is 2.44. The number of para-hydroxylation sites is 1. The van der Waals surface area contributed by atoms with Crippen LogP contribution in [-0.2, 0) is 6.42 Å². The fraction of sp³-hybridized carbons (Fsp3) is 0.118. The molecule has 0 radical (unpaired) electrons. The number of rotatable bonds is 2. The molecule has 4 rings (SSSR count). The molecule has 3 aromatic rings. The predicted molar refractivity (Wildman–Crippen MR) is 93.9 cm³/mol. The second-order valence-electron chi connectivity index (χ2n) is 5.34. The fourth-order valence-electron chi connectivity index (χ4n) is 2.87. The van der Waals surface area contributed by atoms with Gasteiger partial charge in [0.15, 0.2) is 0 Å². The van der Waals surface area contributed by atoms with Crippen molar-refractivity contribution in [1.29, 1.82) is 0 Å². The van der Waals surface area contributed by atoms with Gasteiger partial charge in [-0.3, -0.25) is 0 Å². The average molecular weight is 393 g/mol. The Labute approximate surface area is 146 Å². The Morgan fingerprint density at radius 2 is 2.04 bits per heavy atom. The lowest BCUT2D eigenvalue weighted by Gasteiger charge is -2.08. The minimum absolute atomic E-state index is 0.348. The summed E-state index contributed by atoms with van der Waals surface area (Å²) in [4.78, 5) is 0. The monoisotopic (exact) mass is 391 g/mol. The molecular weight excluding hydrogens is 381 g/mol. The number of hydrogen-bond acceptors (Lipinski definition) is 2. The number of halogens is 3. The molecule has 0 amide bonds. The molecule has 0 bridgehead atoms. The van der Waals surface area contributed by atoms with Gasteiger partial charge in [0.25, 0.3) is 0 Å². The summed E-state index contributed by atoms with van der Waals surface area (Å²) in [7, 11) is 0. The highest BCUT2D eigenvalue weighted by Crippen LogP contribution is 2.38. The molecule has 1 N–H and O–H groups in total. The SMILES string of the molecule is Fc1ccc(-c2nn(-c3ccccc3Br)c3c2CCN3)c(Cl)c1. The molecule has 0 spiro atoms. The van der Waals surface area contributed by atoms with Crippen molar-refractivity contribution in [1.82, 2.24) is 9.78 Å². The number of hydrogen-bond donors (Lipinski definition) is 1. The first kappa shape index (κ1) is 14.7. The Morgan fingerprint density at radius 1 is 1.22 bits per heavy atom. The topological polar surface area (TPSA) is 29.9 Å².